The van der Waals surface area contributed by atoms with Crippen molar-refractivity contribution >= 4 is 32.3 Å². The maximum absolute atomic E-state index is 2.53. The van der Waals surface area contributed by atoms with E-state index in [9.17, 15) is 0 Å². The summed E-state index contributed by atoms with van der Waals surface area (Å²) < 4.78 is 0. The molecule has 0 aromatic heterocycles. The van der Waals surface area contributed by atoms with Gasteiger partial charge in [0.1, 0.15) is 0 Å². The molecule has 0 aliphatic heterocycles. The minimum atomic E-state index is -0.0932. The summed E-state index contributed by atoms with van der Waals surface area (Å²) in [6.07, 6.45) is 0. The molecule has 0 fully saturated rings. The maximum Gasteiger partial charge on any atom is 0.0159 e. The minimum absolute atomic E-state index is 0.0878. The molecule has 0 amide bonds. The van der Waals surface area contributed by atoms with Gasteiger partial charge in [-0.2, -0.15) is 0 Å². The van der Waals surface area contributed by atoms with Crippen molar-refractivity contribution in [1.82, 2.24) is 0 Å². The summed E-state index contributed by atoms with van der Waals surface area (Å²) in [5.74, 6) is 0. The van der Waals surface area contributed by atoms with Crippen LogP contribution in [-0.2, 0) is 16.2 Å². The molecule has 0 radical (unpaired) electrons. The molecule has 0 heterocycles. The van der Waals surface area contributed by atoms with Gasteiger partial charge in [-0.25, -0.2) is 0 Å². The van der Waals surface area contributed by atoms with Gasteiger partial charge in [0.2, 0.25) is 0 Å². The van der Waals surface area contributed by atoms with Gasteiger partial charge < -0.3 is 0 Å². The quantitative estimate of drug-likeness (QED) is 0.169. The second-order valence-electron chi connectivity index (χ2n) is 16.3. The zero-order chi connectivity index (χ0) is 31.2. The highest BCUT2D eigenvalue weighted by Crippen LogP contribution is 2.57. The lowest BCUT2D eigenvalue weighted by molar-refractivity contribution is 0.569. The normalized spacial score (nSPS) is 14.8. The summed E-state index contributed by atoms with van der Waals surface area (Å²) in [5, 5.41) is 8.25. The van der Waals surface area contributed by atoms with Gasteiger partial charge in [0.05, 0.1) is 0 Å². The summed E-state index contributed by atoms with van der Waals surface area (Å²) in [6, 6.07) is 38.0. The first-order valence-corrected chi connectivity index (χ1v) is 16.5. The zero-order valence-corrected chi connectivity index (χ0v) is 27.7. The van der Waals surface area contributed by atoms with Crippen molar-refractivity contribution in [1.29, 1.82) is 0 Å². The highest BCUT2D eigenvalue weighted by atomic mass is 14.4. The number of fused-ring (bicyclic) bond motifs is 6. The Balaban J connectivity index is 1.25. The average Bonchev–Trinajstić information content (AvgIpc) is 3.43. The number of rotatable bonds is 1. The van der Waals surface area contributed by atoms with E-state index in [4.69, 9.17) is 0 Å². The van der Waals surface area contributed by atoms with Crippen molar-refractivity contribution in [2.24, 2.45) is 0 Å². The number of hydrogen-bond acceptors (Lipinski definition) is 0. The van der Waals surface area contributed by atoms with Gasteiger partial charge in [0.15, 0.2) is 0 Å². The van der Waals surface area contributed by atoms with E-state index in [-0.39, 0.29) is 16.2 Å². The molecule has 0 N–H and O–H groups in total. The largest absolute Gasteiger partial charge is 0.0610 e. The monoisotopic (exact) mass is 580 g/mol. The second-order valence-corrected chi connectivity index (χ2v) is 16.3. The van der Waals surface area contributed by atoms with Crippen LogP contribution >= 0.6 is 0 Å². The molecule has 7 aromatic rings. The van der Waals surface area contributed by atoms with Crippen LogP contribution in [0.4, 0.5) is 0 Å². The molecule has 9 rings (SSSR count). The smallest absolute Gasteiger partial charge is 0.0159 e. The Hall–Kier alpha value is -4.42. The van der Waals surface area contributed by atoms with Crippen molar-refractivity contribution in [3.05, 3.63) is 119 Å². The molecule has 0 bridgehead atoms. The van der Waals surface area contributed by atoms with Crippen LogP contribution < -0.4 is 0 Å². The molecule has 0 heteroatoms. The molecule has 0 saturated carbocycles. The molecular formula is C45H40. The van der Waals surface area contributed by atoms with Crippen LogP contribution in [0.2, 0.25) is 0 Å². The van der Waals surface area contributed by atoms with Crippen molar-refractivity contribution in [2.45, 2.75) is 71.6 Å². The Kier molecular flexibility index (Phi) is 5.05. The Morgan fingerprint density at radius 1 is 0.400 bits per heavy atom. The summed E-state index contributed by atoms with van der Waals surface area (Å²) in [5.41, 5.74) is 16.7. The van der Waals surface area contributed by atoms with Gasteiger partial charge in [-0.05, 0) is 134 Å². The van der Waals surface area contributed by atoms with Crippen LogP contribution in [0, 0.1) is 0 Å². The van der Waals surface area contributed by atoms with E-state index in [1.54, 1.807) is 0 Å². The molecule has 0 atom stereocenters. The van der Waals surface area contributed by atoms with Crippen LogP contribution in [0.15, 0.2) is 97.1 Å². The third-order valence-electron chi connectivity index (χ3n) is 11.0. The molecule has 7 aromatic carbocycles. The summed E-state index contributed by atoms with van der Waals surface area (Å²) in [7, 11) is 0. The van der Waals surface area contributed by atoms with E-state index in [0.29, 0.717) is 0 Å². The highest BCUT2D eigenvalue weighted by molar-refractivity contribution is 6.32. The zero-order valence-electron chi connectivity index (χ0n) is 27.7. The van der Waals surface area contributed by atoms with Gasteiger partial charge in [-0.3, -0.25) is 0 Å². The standard InChI is InChI=1S/C45H40/c1-43(2,3)30-18-29(19-31(22-30)44(4,5)6)27-15-16-32-36-23-34-35(24-39(36)45(7,8)38(32)21-27)33-17-14-26-13-12-25-10-9-11-28-20-37(34)42(33)41(26)40(25)28/h9-24H,1-8H3. The molecule has 220 valence electrons. The topological polar surface area (TPSA) is 0 Å². The molecule has 2 aliphatic carbocycles. The van der Waals surface area contributed by atoms with Crippen LogP contribution in [-0.4, -0.2) is 0 Å². The molecule has 0 spiro atoms. The van der Waals surface area contributed by atoms with Gasteiger partial charge in [-0.15, -0.1) is 0 Å². The van der Waals surface area contributed by atoms with Crippen LogP contribution in [0.5, 0.6) is 0 Å². The molecule has 45 heavy (non-hydrogen) atoms. The van der Waals surface area contributed by atoms with Crippen molar-refractivity contribution in [3.63, 3.8) is 0 Å². The molecule has 2 aliphatic rings. The Morgan fingerprint density at radius 2 is 1.00 bits per heavy atom. The average molecular weight is 581 g/mol. The SMILES string of the molecule is CC(C)(C)c1cc(-c2ccc3c(c2)C(C)(C)c2cc4c(cc2-3)-c2cc3cccc5ccc6ccc-4c2c6c53)cc(C(C)(C)C)c1. The first-order valence-electron chi connectivity index (χ1n) is 16.5. The third kappa shape index (κ3) is 3.60. The van der Waals surface area contributed by atoms with Crippen LogP contribution in [0.25, 0.3) is 76.8 Å². The summed E-state index contributed by atoms with van der Waals surface area (Å²) >= 11 is 0. The van der Waals surface area contributed by atoms with Gasteiger partial charge in [0.25, 0.3) is 0 Å². The number of benzene rings is 7. The lowest BCUT2D eigenvalue weighted by Crippen LogP contribution is -2.17. The predicted octanol–water partition coefficient (Wildman–Crippen LogP) is 12.8. The van der Waals surface area contributed by atoms with E-state index in [2.05, 4.69) is 152 Å². The lowest BCUT2D eigenvalue weighted by atomic mass is 9.78. The molecule has 0 nitrogen and oxygen atoms in total. The third-order valence-corrected chi connectivity index (χ3v) is 11.0. The highest BCUT2D eigenvalue weighted by Gasteiger charge is 2.38. The predicted molar refractivity (Wildman–Crippen MR) is 195 cm³/mol. The van der Waals surface area contributed by atoms with Crippen molar-refractivity contribution in [3.8, 4) is 44.5 Å². The van der Waals surface area contributed by atoms with E-state index in [1.165, 1.54) is 99.1 Å². The molecular weight excluding hydrogens is 540 g/mol. The minimum Gasteiger partial charge on any atom is -0.0610 e. The lowest BCUT2D eigenvalue weighted by Gasteiger charge is -2.27. The van der Waals surface area contributed by atoms with Crippen molar-refractivity contribution < 1.29 is 0 Å². The fourth-order valence-corrected chi connectivity index (χ4v) is 8.35. The fourth-order valence-electron chi connectivity index (χ4n) is 8.35. The first-order chi connectivity index (χ1) is 21.3. The number of hydrogen-bond donors (Lipinski definition) is 0. The first kappa shape index (κ1) is 26.9. The van der Waals surface area contributed by atoms with Crippen LogP contribution in [0.3, 0.4) is 0 Å². The van der Waals surface area contributed by atoms with E-state index >= 15 is 0 Å². The fraction of sp³-hybridized carbons (Fsp3) is 0.244. The summed E-state index contributed by atoms with van der Waals surface area (Å²) in [4.78, 5) is 0. The maximum atomic E-state index is 2.53. The Bertz CT molecular complexity index is 2370. The van der Waals surface area contributed by atoms with E-state index in [0.717, 1.165) is 0 Å². The second kappa shape index (κ2) is 8.43. The Labute approximate surface area is 267 Å². The van der Waals surface area contributed by atoms with E-state index < -0.39 is 0 Å². The molecule has 0 saturated heterocycles. The van der Waals surface area contributed by atoms with Crippen LogP contribution in [0.1, 0.15) is 77.6 Å². The summed E-state index contributed by atoms with van der Waals surface area (Å²) in [6.45, 7) is 18.8. The van der Waals surface area contributed by atoms with Gasteiger partial charge >= 0.3 is 0 Å². The molecule has 0 unspecified atom stereocenters. The van der Waals surface area contributed by atoms with Gasteiger partial charge in [0, 0.05) is 5.41 Å². The van der Waals surface area contributed by atoms with Gasteiger partial charge in [-0.1, -0.05) is 128 Å². The van der Waals surface area contributed by atoms with Crippen molar-refractivity contribution in [2.75, 3.05) is 0 Å². The Morgan fingerprint density at radius 3 is 1.71 bits per heavy atom. The van der Waals surface area contributed by atoms with E-state index in [1.807, 2.05) is 0 Å².